The predicted octanol–water partition coefficient (Wildman–Crippen LogP) is 2.59. The van der Waals surface area contributed by atoms with Gasteiger partial charge in [0.05, 0.1) is 12.5 Å². The van der Waals surface area contributed by atoms with Crippen LogP contribution < -0.4 is 4.74 Å². The Bertz CT molecular complexity index is 641. The average Bonchev–Trinajstić information content (AvgIpc) is 2.50. The summed E-state index contributed by atoms with van der Waals surface area (Å²) in [7, 11) is 1.67. The quantitative estimate of drug-likeness (QED) is 0.837. The zero-order valence-corrected chi connectivity index (χ0v) is 11.4. The van der Waals surface area contributed by atoms with Crippen molar-refractivity contribution in [3.8, 4) is 11.8 Å². The number of carbonyl (C=O) groups is 1. The van der Waals surface area contributed by atoms with Crippen LogP contribution in [-0.4, -0.2) is 31.0 Å². The fourth-order valence-corrected chi connectivity index (χ4v) is 1.91. The van der Waals surface area contributed by atoms with Gasteiger partial charge in [0.25, 0.3) is 5.91 Å². The van der Waals surface area contributed by atoms with Gasteiger partial charge in [-0.1, -0.05) is 36.4 Å². The summed E-state index contributed by atoms with van der Waals surface area (Å²) in [6.07, 6.45) is 0.330. The molecule has 4 nitrogen and oxygen atoms in total. The highest BCUT2D eigenvalue weighted by molar-refractivity contribution is 5.88. The molecule has 20 heavy (non-hydrogen) atoms. The van der Waals surface area contributed by atoms with Crippen molar-refractivity contribution in [1.82, 2.24) is 4.90 Å². The van der Waals surface area contributed by atoms with Crippen molar-refractivity contribution in [3.05, 3.63) is 42.5 Å². The molecule has 0 saturated heterocycles. The zero-order chi connectivity index (χ0) is 14.4. The predicted molar refractivity (Wildman–Crippen MR) is 77.3 cm³/mol. The van der Waals surface area contributed by atoms with Crippen molar-refractivity contribution >= 4 is 16.7 Å². The van der Waals surface area contributed by atoms with E-state index < -0.39 is 0 Å². The molecule has 0 aliphatic carbocycles. The van der Waals surface area contributed by atoms with Crippen LogP contribution in [0.3, 0.4) is 0 Å². The number of amides is 1. The molecular formula is C16H16N2O2. The summed E-state index contributed by atoms with van der Waals surface area (Å²) >= 11 is 0. The smallest absolute Gasteiger partial charge is 0.260 e. The number of hydrogen-bond acceptors (Lipinski definition) is 3. The number of ether oxygens (including phenoxy) is 1. The zero-order valence-electron chi connectivity index (χ0n) is 11.4. The molecule has 2 aromatic rings. The topological polar surface area (TPSA) is 53.3 Å². The molecule has 0 spiro atoms. The molecule has 0 saturated carbocycles. The van der Waals surface area contributed by atoms with E-state index in [2.05, 4.69) is 0 Å². The lowest BCUT2D eigenvalue weighted by Crippen LogP contribution is -2.32. The van der Waals surface area contributed by atoms with E-state index in [0.29, 0.717) is 18.7 Å². The van der Waals surface area contributed by atoms with Crippen LogP contribution in [0.15, 0.2) is 42.5 Å². The fourth-order valence-electron chi connectivity index (χ4n) is 1.91. The summed E-state index contributed by atoms with van der Waals surface area (Å²) < 4.78 is 5.61. The molecule has 4 heteroatoms. The standard InChI is InChI=1S/C16H16N2O2/c1-18(11-5-10-17)16(19)12-20-15-9-4-7-13-6-2-3-8-14(13)15/h2-4,6-9H,5,11-12H2,1H3. The Hall–Kier alpha value is -2.54. The minimum absolute atomic E-state index is 0.0179. The van der Waals surface area contributed by atoms with Crippen LogP contribution in [-0.2, 0) is 4.79 Å². The van der Waals surface area contributed by atoms with Crippen LogP contribution in [0, 0.1) is 11.3 Å². The molecule has 102 valence electrons. The van der Waals surface area contributed by atoms with Gasteiger partial charge in [0.15, 0.2) is 6.61 Å². The lowest BCUT2D eigenvalue weighted by atomic mass is 10.1. The Balaban J connectivity index is 2.03. The molecular weight excluding hydrogens is 252 g/mol. The lowest BCUT2D eigenvalue weighted by molar-refractivity contribution is -0.131. The molecule has 2 rings (SSSR count). The molecule has 0 aliphatic heterocycles. The van der Waals surface area contributed by atoms with Gasteiger partial charge in [0, 0.05) is 19.0 Å². The lowest BCUT2D eigenvalue weighted by Gasteiger charge is -2.16. The maximum absolute atomic E-state index is 11.8. The number of nitriles is 1. The highest BCUT2D eigenvalue weighted by Gasteiger charge is 2.10. The van der Waals surface area contributed by atoms with Crippen LogP contribution in [0.1, 0.15) is 6.42 Å². The first-order valence-corrected chi connectivity index (χ1v) is 6.44. The van der Waals surface area contributed by atoms with Crippen LogP contribution in [0.4, 0.5) is 0 Å². The maximum Gasteiger partial charge on any atom is 0.260 e. The Morgan fingerprint density at radius 1 is 1.25 bits per heavy atom. The molecule has 2 aromatic carbocycles. The first kappa shape index (κ1) is 13.9. The fraction of sp³-hybridized carbons (Fsp3) is 0.250. The van der Waals surface area contributed by atoms with E-state index in [1.165, 1.54) is 4.90 Å². The second-order valence-electron chi connectivity index (χ2n) is 4.49. The molecule has 0 fully saturated rings. The molecule has 0 heterocycles. The van der Waals surface area contributed by atoms with E-state index in [0.717, 1.165) is 10.8 Å². The van der Waals surface area contributed by atoms with Crippen LogP contribution in [0.25, 0.3) is 10.8 Å². The highest BCUT2D eigenvalue weighted by Crippen LogP contribution is 2.24. The Kier molecular flexibility index (Phi) is 4.56. The van der Waals surface area contributed by atoms with Gasteiger partial charge in [-0.15, -0.1) is 0 Å². The molecule has 1 amide bonds. The van der Waals surface area contributed by atoms with Crippen molar-refractivity contribution in [2.24, 2.45) is 0 Å². The second kappa shape index (κ2) is 6.58. The largest absolute Gasteiger partial charge is 0.483 e. The highest BCUT2D eigenvalue weighted by atomic mass is 16.5. The van der Waals surface area contributed by atoms with Crippen molar-refractivity contribution in [3.63, 3.8) is 0 Å². The summed E-state index contributed by atoms with van der Waals surface area (Å²) in [4.78, 5) is 13.4. The molecule has 0 radical (unpaired) electrons. The summed E-state index contributed by atoms with van der Waals surface area (Å²) in [5.41, 5.74) is 0. The first-order chi connectivity index (χ1) is 9.72. The molecule has 0 bridgehead atoms. The van der Waals surface area contributed by atoms with Crippen molar-refractivity contribution in [2.75, 3.05) is 20.2 Å². The number of nitrogens with zero attached hydrogens (tertiary/aromatic N) is 2. The van der Waals surface area contributed by atoms with Gasteiger partial charge in [-0.2, -0.15) is 5.26 Å². The van der Waals surface area contributed by atoms with Gasteiger partial charge >= 0.3 is 0 Å². The summed E-state index contributed by atoms with van der Waals surface area (Å²) in [5.74, 6) is 0.568. The Labute approximate surface area is 118 Å². The molecule has 0 unspecified atom stereocenters. The van der Waals surface area contributed by atoms with E-state index in [-0.39, 0.29) is 12.5 Å². The molecule has 0 atom stereocenters. The second-order valence-corrected chi connectivity index (χ2v) is 4.49. The van der Waals surface area contributed by atoms with Crippen LogP contribution in [0.5, 0.6) is 5.75 Å². The van der Waals surface area contributed by atoms with Crippen LogP contribution in [0.2, 0.25) is 0 Å². The number of rotatable bonds is 5. The van der Waals surface area contributed by atoms with Gasteiger partial charge in [-0.3, -0.25) is 4.79 Å². The number of hydrogen-bond donors (Lipinski definition) is 0. The van der Waals surface area contributed by atoms with Gasteiger partial charge in [0.1, 0.15) is 5.75 Å². The first-order valence-electron chi connectivity index (χ1n) is 6.44. The maximum atomic E-state index is 11.8. The van der Waals surface area contributed by atoms with Crippen molar-refractivity contribution < 1.29 is 9.53 Å². The normalized spacial score (nSPS) is 10.0. The third-order valence-electron chi connectivity index (χ3n) is 3.09. The van der Waals surface area contributed by atoms with Gasteiger partial charge in [-0.25, -0.2) is 0 Å². The van der Waals surface area contributed by atoms with Crippen molar-refractivity contribution in [2.45, 2.75) is 6.42 Å². The minimum atomic E-state index is -0.131. The van der Waals surface area contributed by atoms with E-state index in [1.54, 1.807) is 7.05 Å². The monoisotopic (exact) mass is 268 g/mol. The number of carbonyl (C=O) groups excluding carboxylic acids is 1. The summed E-state index contributed by atoms with van der Waals surface area (Å²) in [5, 5.41) is 10.6. The van der Waals surface area contributed by atoms with Crippen molar-refractivity contribution in [1.29, 1.82) is 5.26 Å². The van der Waals surface area contributed by atoms with Gasteiger partial charge in [-0.05, 0) is 11.5 Å². The van der Waals surface area contributed by atoms with E-state index in [4.69, 9.17) is 10.00 Å². The van der Waals surface area contributed by atoms with Gasteiger partial charge < -0.3 is 9.64 Å². The van der Waals surface area contributed by atoms with Crippen LogP contribution >= 0.6 is 0 Å². The number of fused-ring (bicyclic) bond motifs is 1. The van der Waals surface area contributed by atoms with Gasteiger partial charge in [0.2, 0.25) is 0 Å². The van der Waals surface area contributed by atoms with E-state index >= 15 is 0 Å². The Morgan fingerprint density at radius 3 is 2.80 bits per heavy atom. The minimum Gasteiger partial charge on any atom is -0.483 e. The Morgan fingerprint density at radius 2 is 2.00 bits per heavy atom. The molecule has 0 aromatic heterocycles. The molecule has 0 N–H and O–H groups in total. The number of benzene rings is 2. The van der Waals surface area contributed by atoms with E-state index in [9.17, 15) is 4.79 Å². The molecule has 0 aliphatic rings. The summed E-state index contributed by atoms with van der Waals surface area (Å²) in [6.45, 7) is 0.407. The third-order valence-corrected chi connectivity index (χ3v) is 3.09. The average molecular weight is 268 g/mol. The summed E-state index contributed by atoms with van der Waals surface area (Å²) in [6, 6.07) is 15.7. The SMILES string of the molecule is CN(CCC#N)C(=O)COc1cccc2ccccc12. The number of likely N-dealkylation sites (N-methyl/N-ethyl adjacent to an activating group) is 1. The van der Waals surface area contributed by atoms with E-state index in [1.807, 2.05) is 48.5 Å². The third kappa shape index (κ3) is 3.27.